The Morgan fingerprint density at radius 1 is 1.35 bits per heavy atom. The molecule has 17 heavy (non-hydrogen) atoms. The van der Waals surface area contributed by atoms with Gasteiger partial charge in [0.05, 0.1) is 14.2 Å². The Balaban J connectivity index is 0.00000144. The molecule has 0 saturated heterocycles. The van der Waals surface area contributed by atoms with Gasteiger partial charge in [0.2, 0.25) is 5.75 Å². The van der Waals surface area contributed by atoms with Gasteiger partial charge in [0.1, 0.15) is 0 Å². The lowest BCUT2D eigenvalue weighted by molar-refractivity contribution is 0.326. The number of halogens is 1. The zero-order chi connectivity index (χ0) is 11.7. The molecule has 0 aromatic heterocycles. The molecule has 0 amide bonds. The SMILES string of the molecule is COc1cc2c(c(O)c1OC)[C@H](C)NCC2.Cl. The van der Waals surface area contributed by atoms with Crippen LogP contribution in [-0.2, 0) is 6.42 Å². The zero-order valence-corrected chi connectivity index (χ0v) is 11.1. The van der Waals surface area contributed by atoms with Crippen LogP contribution in [0.25, 0.3) is 0 Å². The number of hydrogen-bond donors (Lipinski definition) is 2. The van der Waals surface area contributed by atoms with E-state index in [4.69, 9.17) is 9.47 Å². The maximum absolute atomic E-state index is 10.2. The van der Waals surface area contributed by atoms with Crippen molar-refractivity contribution in [2.24, 2.45) is 0 Å². The summed E-state index contributed by atoms with van der Waals surface area (Å²) in [4.78, 5) is 0. The first-order valence-corrected chi connectivity index (χ1v) is 5.39. The number of phenolic OH excluding ortho intramolecular Hbond substituents is 1. The van der Waals surface area contributed by atoms with Crippen molar-refractivity contribution in [2.75, 3.05) is 20.8 Å². The molecule has 2 N–H and O–H groups in total. The van der Waals surface area contributed by atoms with Crippen molar-refractivity contribution < 1.29 is 14.6 Å². The Morgan fingerprint density at radius 3 is 2.65 bits per heavy atom. The van der Waals surface area contributed by atoms with Crippen molar-refractivity contribution in [2.45, 2.75) is 19.4 Å². The molecule has 5 heteroatoms. The molecule has 1 atom stereocenters. The van der Waals surface area contributed by atoms with Crippen molar-refractivity contribution in [1.82, 2.24) is 5.32 Å². The predicted octanol–water partition coefficient (Wildman–Crippen LogP) is 2.04. The highest BCUT2D eigenvalue weighted by atomic mass is 35.5. The van der Waals surface area contributed by atoms with Gasteiger partial charge < -0.3 is 19.9 Å². The summed E-state index contributed by atoms with van der Waals surface area (Å²) in [5.41, 5.74) is 2.05. The Hall–Kier alpha value is -1.13. The normalized spacial score (nSPS) is 17.9. The average molecular weight is 260 g/mol. The van der Waals surface area contributed by atoms with Crippen LogP contribution in [0.15, 0.2) is 6.07 Å². The minimum Gasteiger partial charge on any atom is -0.504 e. The van der Waals surface area contributed by atoms with Crippen molar-refractivity contribution in [3.05, 3.63) is 17.2 Å². The van der Waals surface area contributed by atoms with E-state index >= 15 is 0 Å². The number of aromatic hydroxyl groups is 1. The summed E-state index contributed by atoms with van der Waals surface area (Å²) in [5, 5.41) is 13.5. The van der Waals surface area contributed by atoms with Crippen molar-refractivity contribution >= 4 is 12.4 Å². The molecule has 0 aliphatic carbocycles. The summed E-state index contributed by atoms with van der Waals surface area (Å²) in [6.45, 7) is 2.95. The van der Waals surface area contributed by atoms with Crippen molar-refractivity contribution in [3.63, 3.8) is 0 Å². The third-order valence-electron chi connectivity index (χ3n) is 3.05. The third kappa shape index (κ3) is 2.28. The fraction of sp³-hybridized carbons (Fsp3) is 0.500. The monoisotopic (exact) mass is 259 g/mol. The number of ether oxygens (including phenoxy) is 2. The first kappa shape index (κ1) is 13.9. The van der Waals surface area contributed by atoms with Gasteiger partial charge in [-0.15, -0.1) is 12.4 Å². The van der Waals surface area contributed by atoms with Crippen LogP contribution in [-0.4, -0.2) is 25.9 Å². The van der Waals surface area contributed by atoms with E-state index < -0.39 is 0 Å². The van der Waals surface area contributed by atoms with Gasteiger partial charge in [0.25, 0.3) is 0 Å². The fourth-order valence-corrected chi connectivity index (χ4v) is 2.26. The minimum absolute atomic E-state index is 0. The van der Waals surface area contributed by atoms with E-state index in [-0.39, 0.29) is 24.2 Å². The molecule has 2 rings (SSSR count). The van der Waals surface area contributed by atoms with Crippen LogP contribution in [0.1, 0.15) is 24.1 Å². The molecular formula is C12H18ClNO3. The highest BCUT2D eigenvalue weighted by molar-refractivity contribution is 5.85. The van der Waals surface area contributed by atoms with Gasteiger partial charge >= 0.3 is 0 Å². The molecule has 4 nitrogen and oxygen atoms in total. The molecule has 0 saturated carbocycles. The summed E-state index contributed by atoms with van der Waals surface area (Å²) >= 11 is 0. The first-order chi connectivity index (χ1) is 7.69. The van der Waals surface area contributed by atoms with Gasteiger partial charge in [0, 0.05) is 11.6 Å². The van der Waals surface area contributed by atoms with Crippen LogP contribution < -0.4 is 14.8 Å². The zero-order valence-electron chi connectivity index (χ0n) is 10.2. The summed E-state index contributed by atoms with van der Waals surface area (Å²) in [7, 11) is 3.11. The fourth-order valence-electron chi connectivity index (χ4n) is 2.26. The highest BCUT2D eigenvalue weighted by Crippen LogP contribution is 2.44. The molecule has 1 heterocycles. The largest absolute Gasteiger partial charge is 0.504 e. The Morgan fingerprint density at radius 2 is 2.06 bits per heavy atom. The van der Waals surface area contributed by atoms with Crippen LogP contribution in [0, 0.1) is 0 Å². The summed E-state index contributed by atoms with van der Waals surface area (Å²) in [6, 6.07) is 2.09. The number of methoxy groups -OCH3 is 2. The molecule has 1 aromatic carbocycles. The highest BCUT2D eigenvalue weighted by Gasteiger charge is 2.25. The van der Waals surface area contributed by atoms with Crippen LogP contribution in [0.4, 0.5) is 0 Å². The topological polar surface area (TPSA) is 50.7 Å². The first-order valence-electron chi connectivity index (χ1n) is 5.39. The van der Waals surface area contributed by atoms with Crippen LogP contribution in [0.2, 0.25) is 0 Å². The molecule has 0 bridgehead atoms. The maximum Gasteiger partial charge on any atom is 0.203 e. The lowest BCUT2D eigenvalue weighted by Gasteiger charge is -2.26. The number of rotatable bonds is 2. The quantitative estimate of drug-likeness (QED) is 0.853. The van der Waals surface area contributed by atoms with E-state index in [1.165, 1.54) is 7.11 Å². The molecule has 1 aliphatic heterocycles. The van der Waals surface area contributed by atoms with E-state index in [1.54, 1.807) is 7.11 Å². The lowest BCUT2D eigenvalue weighted by atomic mass is 9.93. The van der Waals surface area contributed by atoms with Crippen LogP contribution in [0.5, 0.6) is 17.2 Å². The molecule has 0 unspecified atom stereocenters. The molecule has 0 fully saturated rings. The Kier molecular flexibility index (Phi) is 4.48. The van der Waals surface area contributed by atoms with Crippen molar-refractivity contribution in [3.8, 4) is 17.2 Å². The molecule has 96 valence electrons. The summed E-state index contributed by atoms with van der Waals surface area (Å²) in [5.74, 6) is 1.20. The van der Waals surface area contributed by atoms with E-state index in [0.29, 0.717) is 11.5 Å². The van der Waals surface area contributed by atoms with Gasteiger partial charge in [0.15, 0.2) is 11.5 Å². The number of nitrogens with one attached hydrogen (secondary N) is 1. The average Bonchev–Trinajstić information content (AvgIpc) is 2.28. The van der Waals surface area contributed by atoms with Crippen LogP contribution in [0.3, 0.4) is 0 Å². The molecule has 1 aliphatic rings. The molecule has 0 spiro atoms. The number of phenols is 1. The minimum atomic E-state index is 0. The second-order valence-corrected chi connectivity index (χ2v) is 3.96. The standard InChI is InChI=1S/C12H17NO3.ClH/c1-7-10-8(4-5-13-7)6-9(15-2)12(16-3)11(10)14;/h6-7,13-14H,4-5H2,1-3H3;1H/t7-;/m0./s1. The van der Waals surface area contributed by atoms with Crippen molar-refractivity contribution in [1.29, 1.82) is 0 Å². The Bertz CT molecular complexity index is 409. The second kappa shape index (κ2) is 5.47. The number of fused-ring (bicyclic) bond motifs is 1. The van der Waals surface area contributed by atoms with Crippen LogP contribution >= 0.6 is 12.4 Å². The second-order valence-electron chi connectivity index (χ2n) is 3.96. The van der Waals surface area contributed by atoms with Gasteiger partial charge in [-0.1, -0.05) is 0 Å². The lowest BCUT2D eigenvalue weighted by Crippen LogP contribution is -2.28. The van der Waals surface area contributed by atoms with Gasteiger partial charge in [-0.25, -0.2) is 0 Å². The number of hydrogen-bond acceptors (Lipinski definition) is 4. The van der Waals surface area contributed by atoms with E-state index in [9.17, 15) is 5.11 Å². The molecular weight excluding hydrogens is 242 g/mol. The van der Waals surface area contributed by atoms with Gasteiger partial charge in [-0.3, -0.25) is 0 Å². The Labute approximate surface area is 107 Å². The van der Waals surface area contributed by atoms with E-state index in [0.717, 1.165) is 24.1 Å². The summed E-state index contributed by atoms with van der Waals surface area (Å²) < 4.78 is 10.4. The third-order valence-corrected chi connectivity index (χ3v) is 3.05. The van der Waals surface area contributed by atoms with Gasteiger partial charge in [-0.2, -0.15) is 0 Å². The van der Waals surface area contributed by atoms with E-state index in [1.807, 2.05) is 13.0 Å². The summed E-state index contributed by atoms with van der Waals surface area (Å²) in [6.07, 6.45) is 0.896. The predicted molar refractivity (Wildman–Crippen MR) is 68.6 cm³/mol. The molecule has 1 aromatic rings. The number of benzene rings is 1. The smallest absolute Gasteiger partial charge is 0.203 e. The maximum atomic E-state index is 10.2. The molecule has 0 radical (unpaired) electrons. The van der Waals surface area contributed by atoms with Gasteiger partial charge in [-0.05, 0) is 31.5 Å². The van der Waals surface area contributed by atoms with E-state index in [2.05, 4.69) is 5.32 Å².